The fraction of sp³-hybridized carbons (Fsp3) is 0. The minimum Gasteiger partial charge on any atom is -0.700 e. The second-order valence-electron chi connectivity index (χ2n) is 6.87. The Morgan fingerprint density at radius 2 is 0.800 bits per heavy atom. The molecule has 35 heavy (non-hydrogen) atoms. The maximum Gasteiger partial charge on any atom is 2.00 e. The monoisotopic (exact) mass is 508 g/mol. The fourth-order valence-corrected chi connectivity index (χ4v) is 2.89. The summed E-state index contributed by atoms with van der Waals surface area (Å²) in [6, 6.07) is 26.1. The van der Waals surface area contributed by atoms with Crippen molar-refractivity contribution in [2.75, 3.05) is 0 Å². The normalized spacial score (nSPS) is 9.60. The van der Waals surface area contributed by atoms with Gasteiger partial charge in [0.25, 0.3) is 0 Å². The maximum absolute atomic E-state index is 10.9. The molecule has 4 rings (SSSR count). The van der Waals surface area contributed by atoms with Crippen molar-refractivity contribution < 1.29 is 36.3 Å². The number of nitrogens with one attached hydrogen (secondary N) is 2. The van der Waals surface area contributed by atoms with Gasteiger partial charge in [0.1, 0.15) is 0 Å². The van der Waals surface area contributed by atoms with Crippen molar-refractivity contribution in [1.29, 1.82) is 0 Å². The first-order valence-corrected chi connectivity index (χ1v) is 10.0. The molecule has 0 saturated carbocycles. The van der Waals surface area contributed by atoms with Crippen molar-refractivity contribution in [1.82, 2.24) is 0 Å². The Balaban J connectivity index is 0.000000240. The average molecular weight is 509 g/mol. The number of benzene rings is 4. The van der Waals surface area contributed by atoms with Gasteiger partial charge in [-0.1, -0.05) is 97.1 Å². The molecular weight excluding hydrogens is 491 g/mol. The van der Waals surface area contributed by atoms with Crippen molar-refractivity contribution in [3.8, 4) is 0 Å². The zero-order valence-electron chi connectivity index (χ0n) is 18.1. The fourth-order valence-electron chi connectivity index (χ4n) is 2.89. The SMILES string of the molecule is [NH-]c1ccccc1[N-]c1ccccc1C(=O)[O-].[NH-]c1ccccc1[N-]c1ccccc1C(=O)[O-].[Ni+2]. The van der Waals surface area contributed by atoms with Crippen LogP contribution in [0.1, 0.15) is 20.7 Å². The van der Waals surface area contributed by atoms with Gasteiger partial charge >= 0.3 is 16.5 Å². The van der Waals surface area contributed by atoms with Crippen molar-refractivity contribution in [3.05, 3.63) is 130 Å². The molecule has 0 aromatic heterocycles. The number of para-hydroxylation sites is 4. The summed E-state index contributed by atoms with van der Waals surface area (Å²) in [6.45, 7) is 0. The van der Waals surface area contributed by atoms with E-state index in [-0.39, 0.29) is 39.0 Å². The van der Waals surface area contributed by atoms with Gasteiger partial charge < -0.3 is 41.9 Å². The molecule has 0 radical (unpaired) electrons. The Morgan fingerprint density at radius 1 is 0.514 bits per heavy atom. The molecule has 0 aliphatic heterocycles. The van der Waals surface area contributed by atoms with Crippen LogP contribution >= 0.6 is 0 Å². The maximum atomic E-state index is 10.9. The first-order chi connectivity index (χ1) is 16.4. The molecule has 4 aromatic rings. The first-order valence-electron chi connectivity index (χ1n) is 10.0. The van der Waals surface area contributed by atoms with Crippen LogP contribution in [0, 0.1) is 0 Å². The first kappa shape index (κ1) is 26.8. The number of nitrogens with zero attached hydrogens (tertiary/aromatic N) is 2. The van der Waals surface area contributed by atoms with Gasteiger partial charge in [0.2, 0.25) is 0 Å². The number of carbonyl (C=O) groups excluding carboxylic acids is 2. The molecule has 0 heterocycles. The van der Waals surface area contributed by atoms with Crippen molar-refractivity contribution in [2.24, 2.45) is 0 Å². The number of carbonyl (C=O) groups is 2. The molecular formula is C26H18N4NiO4-4. The number of rotatable bonds is 6. The average Bonchev–Trinajstić information content (AvgIpc) is 2.83. The summed E-state index contributed by atoms with van der Waals surface area (Å²) in [5.41, 5.74) is 17.3. The van der Waals surface area contributed by atoms with Crippen LogP contribution in [-0.4, -0.2) is 11.9 Å². The summed E-state index contributed by atoms with van der Waals surface area (Å²) >= 11 is 0. The Morgan fingerprint density at radius 3 is 1.11 bits per heavy atom. The third-order valence-electron chi connectivity index (χ3n) is 4.54. The summed E-state index contributed by atoms with van der Waals surface area (Å²) in [5, 5.41) is 30.1. The topological polar surface area (TPSA) is 156 Å². The van der Waals surface area contributed by atoms with Crippen LogP contribution in [0.5, 0.6) is 0 Å². The molecule has 0 amide bonds. The molecule has 0 bridgehead atoms. The largest absolute Gasteiger partial charge is 2.00 e. The standard InChI is InChI=1S/2C13H10N2O2.Ni/c2*14-10-6-2-4-8-12(10)15-11-7-3-1-5-9(11)13(16)17;/h2*1-8,14H,(H,16,17);/q2*-2;+2/p-2. The minimum atomic E-state index is -1.27. The van der Waals surface area contributed by atoms with E-state index >= 15 is 0 Å². The van der Waals surface area contributed by atoms with Crippen LogP contribution in [0.3, 0.4) is 0 Å². The molecule has 0 atom stereocenters. The van der Waals surface area contributed by atoms with E-state index in [4.69, 9.17) is 11.5 Å². The summed E-state index contributed by atoms with van der Waals surface area (Å²) in [5.74, 6) is -2.54. The van der Waals surface area contributed by atoms with Gasteiger partial charge in [0, 0.05) is 0 Å². The molecule has 0 fully saturated rings. The summed E-state index contributed by atoms with van der Waals surface area (Å²) in [6.07, 6.45) is 0. The predicted octanol–water partition coefficient (Wildman–Crippen LogP) is 6.14. The molecule has 0 spiro atoms. The number of carboxylic acids is 2. The zero-order chi connectivity index (χ0) is 24.5. The Hall–Kier alpha value is -4.49. The molecule has 4 aromatic carbocycles. The van der Waals surface area contributed by atoms with E-state index in [0.29, 0.717) is 22.7 Å². The Bertz CT molecular complexity index is 1210. The molecule has 0 unspecified atom stereocenters. The van der Waals surface area contributed by atoms with Gasteiger partial charge in [-0.25, -0.2) is 0 Å². The van der Waals surface area contributed by atoms with E-state index in [1.807, 2.05) is 0 Å². The van der Waals surface area contributed by atoms with Crippen LogP contribution in [-0.2, 0) is 16.5 Å². The van der Waals surface area contributed by atoms with Crippen LogP contribution < -0.4 is 10.2 Å². The van der Waals surface area contributed by atoms with E-state index in [0.717, 1.165) is 0 Å². The van der Waals surface area contributed by atoms with Crippen LogP contribution in [0.15, 0.2) is 97.1 Å². The number of aromatic carboxylic acids is 2. The van der Waals surface area contributed by atoms with E-state index in [2.05, 4.69) is 10.6 Å². The second-order valence-corrected chi connectivity index (χ2v) is 6.87. The van der Waals surface area contributed by atoms with Crippen LogP contribution in [0.4, 0.5) is 34.1 Å². The van der Waals surface area contributed by atoms with Gasteiger partial charge in [-0.3, -0.25) is 0 Å². The number of hydrogen-bond acceptors (Lipinski definition) is 4. The number of carboxylic acid groups (broad SMARTS) is 2. The van der Waals surface area contributed by atoms with Gasteiger partial charge in [-0.15, -0.1) is 11.4 Å². The smallest absolute Gasteiger partial charge is 0.700 e. The third kappa shape index (κ3) is 7.25. The van der Waals surface area contributed by atoms with E-state index in [9.17, 15) is 19.8 Å². The predicted molar refractivity (Wildman–Crippen MR) is 128 cm³/mol. The van der Waals surface area contributed by atoms with Crippen LogP contribution in [0.25, 0.3) is 22.1 Å². The molecule has 0 aliphatic rings. The molecule has 180 valence electrons. The van der Waals surface area contributed by atoms with Crippen molar-refractivity contribution in [2.45, 2.75) is 0 Å². The third-order valence-corrected chi connectivity index (χ3v) is 4.54. The Kier molecular flexibility index (Phi) is 9.69. The molecule has 2 N–H and O–H groups in total. The van der Waals surface area contributed by atoms with E-state index in [1.165, 1.54) is 12.1 Å². The molecule has 9 heteroatoms. The van der Waals surface area contributed by atoms with Gasteiger partial charge in [0.05, 0.1) is 11.9 Å². The summed E-state index contributed by atoms with van der Waals surface area (Å²) in [4.78, 5) is 21.8. The van der Waals surface area contributed by atoms with Crippen molar-refractivity contribution >= 4 is 46.1 Å². The second kappa shape index (κ2) is 12.7. The van der Waals surface area contributed by atoms with Gasteiger partial charge in [-0.05, 0) is 11.1 Å². The van der Waals surface area contributed by atoms with Gasteiger partial charge in [0.15, 0.2) is 0 Å². The van der Waals surface area contributed by atoms with E-state index < -0.39 is 11.9 Å². The summed E-state index contributed by atoms with van der Waals surface area (Å²) in [7, 11) is 0. The zero-order valence-corrected chi connectivity index (χ0v) is 19.1. The van der Waals surface area contributed by atoms with E-state index in [1.54, 1.807) is 84.9 Å². The summed E-state index contributed by atoms with van der Waals surface area (Å²) < 4.78 is 0. The van der Waals surface area contributed by atoms with Crippen LogP contribution in [0.2, 0.25) is 0 Å². The minimum absolute atomic E-state index is 0. The van der Waals surface area contributed by atoms with Crippen molar-refractivity contribution in [3.63, 3.8) is 0 Å². The molecule has 8 nitrogen and oxygen atoms in total. The van der Waals surface area contributed by atoms with Gasteiger partial charge in [-0.2, -0.15) is 22.7 Å². The molecule has 0 aliphatic carbocycles. The molecule has 0 saturated heterocycles. The quantitative estimate of drug-likeness (QED) is 0.286. The number of hydrogen-bond donors (Lipinski definition) is 0. The Labute approximate surface area is 212 Å².